The fourth-order valence-electron chi connectivity index (χ4n) is 1.49. The van der Waals surface area contributed by atoms with Crippen molar-refractivity contribution < 1.29 is 14.3 Å². The Balaban J connectivity index is 2.76. The van der Waals surface area contributed by atoms with Crippen LogP contribution >= 0.6 is 34.8 Å². The molecular weight excluding hydrogens is 289 g/mol. The first-order chi connectivity index (χ1) is 7.69. The Labute approximate surface area is 113 Å². The van der Waals surface area contributed by atoms with Crippen molar-refractivity contribution in [2.45, 2.75) is 11.3 Å². The highest BCUT2D eigenvalue weighted by molar-refractivity contribution is 6.53. The number of allylic oxidation sites excluding steroid dienone is 5. The maximum absolute atomic E-state index is 13.1. The number of hydrogen-bond donors (Lipinski definition) is 1. The largest absolute Gasteiger partial charge is 0.481 e. The van der Waals surface area contributed by atoms with Crippen molar-refractivity contribution in [2.75, 3.05) is 0 Å². The van der Waals surface area contributed by atoms with E-state index < -0.39 is 28.0 Å². The molecule has 0 aromatic heterocycles. The van der Waals surface area contributed by atoms with Crippen LogP contribution in [0.15, 0.2) is 35.2 Å². The van der Waals surface area contributed by atoms with E-state index in [9.17, 15) is 9.18 Å². The summed E-state index contributed by atoms with van der Waals surface area (Å²) < 4.78 is 11.7. The summed E-state index contributed by atoms with van der Waals surface area (Å²) in [6, 6.07) is 0. The topological polar surface area (TPSA) is 37.3 Å². The molecule has 0 saturated heterocycles. The van der Waals surface area contributed by atoms with Crippen molar-refractivity contribution in [3.8, 4) is 0 Å². The van der Waals surface area contributed by atoms with Crippen LogP contribution in [0.4, 0.5) is 4.39 Å². The van der Waals surface area contributed by atoms with Crippen molar-refractivity contribution in [1.82, 2.24) is 0 Å². The van der Waals surface area contributed by atoms with E-state index in [2.05, 4.69) is 6.58 Å². The predicted molar refractivity (Wildman–Crippen MR) is 67.0 cm³/mol. The van der Waals surface area contributed by atoms with E-state index in [1.54, 1.807) is 0 Å². The fraction of sp³-hybridized carbons (Fsp3) is 0.364. The molecular formula is C11H10Cl3FO2. The van der Waals surface area contributed by atoms with E-state index in [0.717, 1.165) is 6.08 Å². The van der Waals surface area contributed by atoms with Crippen LogP contribution < -0.4 is 0 Å². The van der Waals surface area contributed by atoms with Gasteiger partial charge in [-0.3, -0.25) is 4.79 Å². The van der Waals surface area contributed by atoms with Crippen LogP contribution in [0.5, 0.6) is 0 Å². The SMILES string of the molecule is C=C(/C=C\C(F)=C(/C)Cl)[C@@H]1[C@@H](C(=O)O)C1(Cl)Cl. The van der Waals surface area contributed by atoms with Crippen LogP contribution in [0.3, 0.4) is 0 Å². The minimum absolute atomic E-state index is 0.00245. The van der Waals surface area contributed by atoms with E-state index in [0.29, 0.717) is 5.57 Å². The zero-order valence-electron chi connectivity index (χ0n) is 8.88. The molecule has 0 amide bonds. The lowest BCUT2D eigenvalue weighted by molar-refractivity contribution is -0.138. The molecule has 0 aromatic rings. The lowest BCUT2D eigenvalue weighted by Gasteiger charge is -1.97. The van der Waals surface area contributed by atoms with Gasteiger partial charge in [0.2, 0.25) is 0 Å². The second-order valence-electron chi connectivity index (χ2n) is 3.76. The Bertz CT molecular complexity index is 422. The van der Waals surface area contributed by atoms with Crippen LogP contribution in [0, 0.1) is 11.8 Å². The molecule has 2 atom stereocenters. The van der Waals surface area contributed by atoms with Crippen molar-refractivity contribution in [3.63, 3.8) is 0 Å². The number of rotatable bonds is 4. The summed E-state index contributed by atoms with van der Waals surface area (Å²) in [6.07, 6.45) is 2.43. The van der Waals surface area contributed by atoms with Gasteiger partial charge in [0.15, 0.2) is 0 Å². The molecule has 0 aromatic carbocycles. The molecule has 1 saturated carbocycles. The summed E-state index contributed by atoms with van der Waals surface area (Å²) in [6.45, 7) is 5.02. The van der Waals surface area contributed by atoms with Crippen LogP contribution in [-0.4, -0.2) is 15.4 Å². The average Bonchev–Trinajstić information content (AvgIpc) is 2.77. The number of hydrogen-bond acceptors (Lipinski definition) is 1. The molecule has 0 spiro atoms. The maximum atomic E-state index is 13.1. The van der Waals surface area contributed by atoms with Crippen LogP contribution in [-0.2, 0) is 4.79 Å². The Kier molecular flexibility index (Phi) is 4.28. The summed E-state index contributed by atoms with van der Waals surface area (Å²) in [5.41, 5.74) is 0.357. The molecule has 0 aliphatic heterocycles. The van der Waals surface area contributed by atoms with Gasteiger partial charge in [-0.1, -0.05) is 47.5 Å². The second-order valence-corrected chi connectivity index (χ2v) is 5.77. The number of carbonyl (C=O) groups is 1. The molecule has 17 heavy (non-hydrogen) atoms. The molecule has 2 nitrogen and oxygen atoms in total. The van der Waals surface area contributed by atoms with Crippen LogP contribution in [0.25, 0.3) is 0 Å². The van der Waals surface area contributed by atoms with Gasteiger partial charge in [-0.05, 0) is 18.6 Å². The van der Waals surface area contributed by atoms with E-state index in [4.69, 9.17) is 39.9 Å². The molecule has 0 unspecified atom stereocenters. The molecule has 94 valence electrons. The third-order valence-corrected chi connectivity index (χ3v) is 3.61. The summed E-state index contributed by atoms with van der Waals surface area (Å²) in [5.74, 6) is -3.23. The van der Waals surface area contributed by atoms with Gasteiger partial charge in [-0.15, -0.1) is 0 Å². The van der Waals surface area contributed by atoms with Gasteiger partial charge in [0.05, 0.1) is 11.0 Å². The van der Waals surface area contributed by atoms with Gasteiger partial charge in [-0.2, -0.15) is 0 Å². The van der Waals surface area contributed by atoms with Gasteiger partial charge in [0, 0.05) is 5.92 Å². The Morgan fingerprint density at radius 1 is 1.41 bits per heavy atom. The van der Waals surface area contributed by atoms with Crippen molar-refractivity contribution in [2.24, 2.45) is 11.8 Å². The molecule has 0 radical (unpaired) electrons. The van der Waals surface area contributed by atoms with Gasteiger partial charge < -0.3 is 5.11 Å². The summed E-state index contributed by atoms with van der Waals surface area (Å²) >= 11 is 17.0. The van der Waals surface area contributed by atoms with Crippen molar-refractivity contribution >= 4 is 40.8 Å². The Hall–Kier alpha value is -0.510. The van der Waals surface area contributed by atoms with Gasteiger partial charge in [-0.25, -0.2) is 4.39 Å². The fourth-order valence-corrected chi connectivity index (χ4v) is 2.40. The number of carboxylic acid groups (broad SMARTS) is 1. The van der Waals surface area contributed by atoms with Crippen LogP contribution in [0.2, 0.25) is 0 Å². The van der Waals surface area contributed by atoms with E-state index in [-0.39, 0.29) is 5.03 Å². The number of aliphatic carboxylic acids is 1. The first-order valence-electron chi connectivity index (χ1n) is 4.69. The lowest BCUT2D eigenvalue weighted by Crippen LogP contribution is -2.03. The molecule has 1 fully saturated rings. The third kappa shape index (κ3) is 3.03. The Morgan fingerprint density at radius 2 is 1.94 bits per heavy atom. The lowest BCUT2D eigenvalue weighted by atomic mass is 10.1. The normalized spacial score (nSPS) is 27.8. The molecule has 1 N–H and O–H groups in total. The van der Waals surface area contributed by atoms with Crippen LogP contribution in [0.1, 0.15) is 6.92 Å². The number of carboxylic acids is 1. The van der Waals surface area contributed by atoms with Crippen molar-refractivity contribution in [1.29, 1.82) is 0 Å². The minimum Gasteiger partial charge on any atom is -0.481 e. The van der Waals surface area contributed by atoms with E-state index >= 15 is 0 Å². The molecule has 6 heteroatoms. The zero-order chi connectivity index (χ0) is 13.4. The predicted octanol–water partition coefficient (Wildman–Crippen LogP) is 4.04. The quantitative estimate of drug-likeness (QED) is 0.628. The van der Waals surface area contributed by atoms with Gasteiger partial charge >= 0.3 is 5.97 Å². The second kappa shape index (κ2) is 5.01. The molecule has 1 aliphatic rings. The number of halogens is 4. The van der Waals surface area contributed by atoms with Gasteiger partial charge in [0.1, 0.15) is 10.2 Å². The monoisotopic (exact) mass is 298 g/mol. The highest BCUT2D eigenvalue weighted by Crippen LogP contribution is 2.62. The summed E-state index contributed by atoms with van der Waals surface area (Å²) in [5, 5.41) is 8.84. The average molecular weight is 300 g/mol. The summed E-state index contributed by atoms with van der Waals surface area (Å²) in [4.78, 5) is 10.8. The van der Waals surface area contributed by atoms with E-state index in [1.807, 2.05) is 0 Å². The highest BCUT2D eigenvalue weighted by Gasteiger charge is 2.68. The van der Waals surface area contributed by atoms with Gasteiger partial charge in [0.25, 0.3) is 0 Å². The standard InChI is InChI=1S/C11H10Cl3FO2/c1-5(3-4-7(15)6(2)12)8-9(10(16)17)11(8,13)14/h3-4,8-9H,1H2,2H3,(H,16,17)/b4-3-,7-6-/t8-,9+/m1/s1. The zero-order valence-corrected chi connectivity index (χ0v) is 11.2. The minimum atomic E-state index is -1.37. The maximum Gasteiger partial charge on any atom is 0.310 e. The third-order valence-electron chi connectivity index (χ3n) is 2.49. The van der Waals surface area contributed by atoms with E-state index in [1.165, 1.54) is 13.0 Å². The summed E-state index contributed by atoms with van der Waals surface area (Å²) in [7, 11) is 0. The number of alkyl halides is 2. The van der Waals surface area contributed by atoms with Crippen molar-refractivity contribution in [3.05, 3.63) is 35.2 Å². The first kappa shape index (κ1) is 14.6. The molecule has 0 heterocycles. The molecule has 1 aliphatic carbocycles. The smallest absolute Gasteiger partial charge is 0.310 e. The first-order valence-corrected chi connectivity index (χ1v) is 5.82. The Morgan fingerprint density at radius 3 is 2.29 bits per heavy atom. The molecule has 0 bridgehead atoms. The molecule has 1 rings (SSSR count). The highest BCUT2D eigenvalue weighted by atomic mass is 35.5.